The molecule has 0 fully saturated rings. The molecule has 2 aromatic heterocycles. The number of hydrogen-bond acceptors (Lipinski definition) is 7. The average molecular weight is 742 g/mol. The number of aromatic carboxylic acids is 1. The Labute approximate surface area is 317 Å². The van der Waals surface area contributed by atoms with E-state index >= 15 is 0 Å². The second-order valence-electron chi connectivity index (χ2n) is 10.5. The Hall–Kier alpha value is -5.78. The van der Waals surface area contributed by atoms with Crippen molar-refractivity contribution in [2.75, 3.05) is 23.2 Å². The van der Waals surface area contributed by atoms with Gasteiger partial charge >= 0.3 is 5.97 Å². The van der Waals surface area contributed by atoms with Crippen molar-refractivity contribution in [3.05, 3.63) is 139 Å². The number of amides is 1. The second kappa shape index (κ2) is 16.8. The molecule has 0 aliphatic carbocycles. The van der Waals surface area contributed by atoms with Gasteiger partial charge in [-0.05, 0) is 62.2 Å². The molecule has 4 aromatic carbocycles. The summed E-state index contributed by atoms with van der Waals surface area (Å²) >= 11 is 12.1. The summed E-state index contributed by atoms with van der Waals surface area (Å²) in [7, 11) is 2.79. The van der Waals surface area contributed by atoms with E-state index in [1.165, 1.54) is 56.6 Å². The minimum atomic E-state index is -3.24. The van der Waals surface area contributed by atoms with Crippen molar-refractivity contribution in [1.29, 1.82) is 0 Å². The van der Waals surface area contributed by atoms with E-state index in [-0.39, 0.29) is 32.0 Å². The molecular weight excluding hydrogens is 695 g/mol. The molecule has 264 valence electrons. The summed E-state index contributed by atoms with van der Waals surface area (Å²) in [5.74, 6) is -4.13. The third-order valence-electron chi connectivity index (χ3n) is 7.43. The Morgan fingerprint density at radius 1 is 0.745 bits per heavy atom. The number of hydrogen-bond donors (Lipinski definition) is 4. The summed E-state index contributed by atoms with van der Waals surface area (Å²) in [5.41, 5.74) is -2.16. The Kier molecular flexibility index (Phi) is 8.57. The molecule has 0 spiro atoms. The fraction of sp³-hybridized carbons (Fsp3) is 0.158. The molecule has 0 aliphatic rings. The summed E-state index contributed by atoms with van der Waals surface area (Å²) in [6.45, 7) is -11.5. The Morgan fingerprint density at radius 3 is 1.73 bits per heavy atom. The van der Waals surface area contributed by atoms with Crippen LogP contribution >= 0.6 is 23.2 Å². The van der Waals surface area contributed by atoms with Crippen molar-refractivity contribution in [2.24, 2.45) is 14.1 Å². The standard InChI is InChI=1S/C19H17ClN2O3.C11H8ClNO4.C8H11N/c1-3-22(12-8-5-4-6-9-12)19(25)16-17(23)15-13(20)10-7-11-14(15)21(2)18(16)24;1-13-6-4-2-3-5(12)7(6)9(14)8(10(13)15)11(16)17;1-2-9-8-6-4-3-5-7-8/h4-11,23H,3H2,1-2H3;2-4,14H,1H3,(H,16,17);3-7,9H,2H2,1H3/i1D3,3D2;;1D3,2D2. The number of fused-ring (bicyclic) bond motifs is 2. The molecule has 2 heterocycles. The number of carbonyl (C=O) groups excluding carboxylic acids is 1. The van der Waals surface area contributed by atoms with Crippen molar-refractivity contribution in [3.8, 4) is 11.5 Å². The number of carbonyl (C=O) groups is 2. The Bertz CT molecular complexity index is 2730. The lowest BCUT2D eigenvalue weighted by molar-refractivity contribution is 0.0691. The molecule has 11 nitrogen and oxygen atoms in total. The largest absolute Gasteiger partial charge is 0.506 e. The van der Waals surface area contributed by atoms with Crippen molar-refractivity contribution in [2.45, 2.75) is 13.7 Å². The van der Waals surface area contributed by atoms with E-state index in [1.54, 1.807) is 54.6 Å². The number of pyridine rings is 2. The first-order chi connectivity index (χ1) is 28.2. The van der Waals surface area contributed by atoms with Crippen molar-refractivity contribution >= 4 is 68.3 Å². The quantitative estimate of drug-likeness (QED) is 0.139. The number of rotatable bonds is 6. The van der Waals surface area contributed by atoms with Gasteiger partial charge in [-0.15, -0.1) is 0 Å². The van der Waals surface area contributed by atoms with Crippen LogP contribution in [0.3, 0.4) is 0 Å². The Balaban J connectivity index is 0.000000223. The molecule has 4 N–H and O–H groups in total. The summed E-state index contributed by atoms with van der Waals surface area (Å²) in [6, 6.07) is 24.9. The van der Waals surface area contributed by atoms with Crippen LogP contribution in [0.1, 0.15) is 48.1 Å². The number of carboxylic acid groups (broad SMARTS) is 1. The van der Waals surface area contributed by atoms with Gasteiger partial charge in [-0.3, -0.25) is 14.4 Å². The molecule has 0 aliphatic heterocycles. The minimum absolute atomic E-state index is 0.0204. The van der Waals surface area contributed by atoms with E-state index in [9.17, 15) is 29.4 Å². The molecule has 0 saturated heterocycles. The third-order valence-corrected chi connectivity index (χ3v) is 8.06. The number of aromatic hydroxyl groups is 2. The van der Waals surface area contributed by atoms with Gasteiger partial charge in [-0.2, -0.15) is 0 Å². The zero-order valence-corrected chi connectivity index (χ0v) is 28.3. The highest BCUT2D eigenvalue weighted by atomic mass is 35.5. The molecule has 0 radical (unpaired) electrons. The predicted molar refractivity (Wildman–Crippen MR) is 203 cm³/mol. The minimum Gasteiger partial charge on any atom is -0.506 e. The number of carboxylic acids is 1. The molecule has 0 saturated carbocycles. The summed E-state index contributed by atoms with van der Waals surface area (Å²) < 4.78 is 76.8. The van der Waals surface area contributed by atoms with Gasteiger partial charge in [0.1, 0.15) is 17.1 Å². The van der Waals surface area contributed by atoms with Gasteiger partial charge in [0.25, 0.3) is 17.0 Å². The van der Waals surface area contributed by atoms with Crippen LogP contribution in [0.5, 0.6) is 11.5 Å². The molecule has 1 amide bonds. The first-order valence-corrected chi connectivity index (χ1v) is 15.4. The SMILES string of the molecule is Cn1c(=O)c(C(=O)O)c(O)c2c(Cl)cccc21.[2H]C([2H])([2H])C([2H])([2H])N(C(=O)c1c(O)c2c(Cl)cccc2n(C)c1=O)c1ccccc1.[2H]C([2H])([2H])C([2H])([2H])Nc1ccccc1. The van der Waals surface area contributed by atoms with E-state index in [4.69, 9.17) is 42.0 Å². The van der Waals surface area contributed by atoms with Gasteiger partial charge in [-0.1, -0.05) is 71.7 Å². The normalized spacial score (nSPS) is 14.4. The van der Waals surface area contributed by atoms with Crippen LogP contribution in [0, 0.1) is 0 Å². The van der Waals surface area contributed by atoms with E-state index in [0.717, 1.165) is 9.13 Å². The van der Waals surface area contributed by atoms with Crippen molar-refractivity contribution in [3.63, 3.8) is 0 Å². The number of nitrogens with zero attached hydrogens (tertiary/aromatic N) is 3. The van der Waals surface area contributed by atoms with Crippen LogP contribution in [-0.2, 0) is 14.1 Å². The summed E-state index contributed by atoms with van der Waals surface area (Å²) in [4.78, 5) is 49.4. The second-order valence-corrected chi connectivity index (χ2v) is 11.3. The highest BCUT2D eigenvalue weighted by Crippen LogP contribution is 2.34. The van der Waals surface area contributed by atoms with Gasteiger partial charge in [-0.25, -0.2) is 4.79 Å². The average Bonchev–Trinajstić information content (AvgIpc) is 3.16. The van der Waals surface area contributed by atoms with Crippen LogP contribution in [0.25, 0.3) is 21.8 Å². The highest BCUT2D eigenvalue weighted by molar-refractivity contribution is 6.36. The zero-order valence-electron chi connectivity index (χ0n) is 36.8. The number of benzene rings is 4. The van der Waals surface area contributed by atoms with Crippen LogP contribution in [0.15, 0.2) is 107 Å². The molecule has 6 rings (SSSR count). The van der Waals surface area contributed by atoms with Gasteiger partial charge in [0.2, 0.25) is 0 Å². The molecule has 0 bridgehead atoms. The zero-order chi connectivity index (χ0) is 46.0. The smallest absolute Gasteiger partial charge is 0.345 e. The Morgan fingerprint density at radius 2 is 1.24 bits per heavy atom. The van der Waals surface area contributed by atoms with Gasteiger partial charge in [0.15, 0.2) is 5.56 Å². The van der Waals surface area contributed by atoms with Crippen LogP contribution in [0.4, 0.5) is 11.4 Å². The predicted octanol–water partition coefficient (Wildman–Crippen LogP) is 7.28. The monoisotopic (exact) mass is 740 g/mol. The maximum Gasteiger partial charge on any atom is 0.345 e. The molecule has 13 heteroatoms. The van der Waals surface area contributed by atoms with E-state index in [1.807, 2.05) is 0 Å². The summed E-state index contributed by atoms with van der Waals surface area (Å²) in [6.07, 6.45) is 0. The maximum atomic E-state index is 13.4. The lowest BCUT2D eigenvalue weighted by Crippen LogP contribution is -2.36. The number of aryl methyl sites for hydroxylation is 2. The highest BCUT2D eigenvalue weighted by Gasteiger charge is 2.27. The topological polar surface area (TPSA) is 154 Å². The van der Waals surface area contributed by atoms with Crippen LogP contribution in [-0.4, -0.2) is 49.3 Å². The third kappa shape index (κ3) is 8.01. The number of para-hydroxylation sites is 2. The van der Waals surface area contributed by atoms with Crippen molar-refractivity contribution < 1.29 is 38.6 Å². The molecule has 0 unspecified atom stereocenters. The van der Waals surface area contributed by atoms with Gasteiger partial charge in [0.05, 0.1) is 31.9 Å². The molecule has 51 heavy (non-hydrogen) atoms. The van der Waals surface area contributed by atoms with Crippen LogP contribution < -0.4 is 21.3 Å². The van der Waals surface area contributed by atoms with E-state index in [0.29, 0.717) is 16.1 Å². The lowest BCUT2D eigenvalue weighted by atomic mass is 10.1. The first kappa shape index (κ1) is 26.1. The molecule has 6 aromatic rings. The van der Waals surface area contributed by atoms with Gasteiger partial charge in [0, 0.05) is 52.2 Å². The van der Waals surface area contributed by atoms with E-state index in [2.05, 4.69) is 5.32 Å². The number of halogens is 2. The van der Waals surface area contributed by atoms with E-state index < -0.39 is 72.3 Å². The lowest BCUT2D eigenvalue weighted by Gasteiger charge is -2.22. The van der Waals surface area contributed by atoms with Gasteiger partial charge < -0.3 is 34.7 Å². The number of anilines is 2. The fourth-order valence-corrected chi connectivity index (χ4v) is 5.48. The number of nitrogens with one attached hydrogen (secondary N) is 1. The fourth-order valence-electron chi connectivity index (χ4n) is 4.96. The maximum absolute atomic E-state index is 13.4. The molecular formula is C38H36Cl2N4O7. The summed E-state index contributed by atoms with van der Waals surface area (Å²) in [5, 5.41) is 32.3. The first-order valence-electron chi connectivity index (χ1n) is 19.6. The van der Waals surface area contributed by atoms with Crippen LogP contribution in [0.2, 0.25) is 10.0 Å². The molecule has 0 atom stereocenters. The number of aromatic nitrogens is 2. The van der Waals surface area contributed by atoms with Crippen molar-refractivity contribution in [1.82, 2.24) is 9.13 Å².